The highest BCUT2D eigenvalue weighted by Gasteiger charge is 2.36. The van der Waals surface area contributed by atoms with E-state index in [-0.39, 0.29) is 28.6 Å². The van der Waals surface area contributed by atoms with Gasteiger partial charge in [-0.05, 0) is 55.9 Å². The van der Waals surface area contributed by atoms with Crippen LogP contribution in [0.3, 0.4) is 0 Å². The number of halogens is 2. The van der Waals surface area contributed by atoms with Gasteiger partial charge in [0.05, 0.1) is 42.3 Å². The summed E-state index contributed by atoms with van der Waals surface area (Å²) in [5.74, 6) is 1.30. The Morgan fingerprint density at radius 1 is 1.13 bits per heavy atom. The van der Waals surface area contributed by atoms with Crippen molar-refractivity contribution in [3.63, 3.8) is 0 Å². The van der Waals surface area contributed by atoms with Crippen molar-refractivity contribution in [2.24, 2.45) is 11.8 Å². The van der Waals surface area contributed by atoms with Gasteiger partial charge in [0.25, 0.3) is 0 Å². The van der Waals surface area contributed by atoms with Crippen molar-refractivity contribution in [2.75, 3.05) is 25.6 Å². The van der Waals surface area contributed by atoms with E-state index in [0.717, 1.165) is 19.3 Å². The van der Waals surface area contributed by atoms with E-state index in [9.17, 15) is 17.2 Å². The number of ether oxygens (including phenoxy) is 3. The highest BCUT2D eigenvalue weighted by atomic mass is 32.2. The third kappa shape index (κ3) is 5.94. The van der Waals surface area contributed by atoms with Crippen LogP contribution < -0.4 is 9.47 Å². The molecule has 2 heterocycles. The second-order valence-electron chi connectivity index (χ2n) is 8.04. The van der Waals surface area contributed by atoms with E-state index in [2.05, 4.69) is 9.84 Å². The summed E-state index contributed by atoms with van der Waals surface area (Å²) in [4.78, 5) is 0. The first-order chi connectivity index (χ1) is 14.9. The largest absolute Gasteiger partial charge is 0.493 e. The Morgan fingerprint density at radius 3 is 2.61 bits per heavy atom. The van der Waals surface area contributed by atoms with E-state index in [1.165, 1.54) is 17.1 Å². The van der Waals surface area contributed by atoms with Crippen LogP contribution in [0.15, 0.2) is 36.7 Å². The molecule has 2 atom stereocenters. The first kappa shape index (κ1) is 22.0. The van der Waals surface area contributed by atoms with Crippen molar-refractivity contribution in [1.82, 2.24) is 9.78 Å². The van der Waals surface area contributed by atoms with Crippen LogP contribution in [0, 0.1) is 11.8 Å². The molecule has 31 heavy (non-hydrogen) atoms. The van der Waals surface area contributed by atoms with E-state index >= 15 is 0 Å². The molecule has 0 radical (unpaired) electrons. The van der Waals surface area contributed by atoms with Gasteiger partial charge in [-0.15, -0.1) is 0 Å². The van der Waals surface area contributed by atoms with Crippen LogP contribution in [-0.4, -0.2) is 55.6 Å². The van der Waals surface area contributed by atoms with E-state index in [1.54, 1.807) is 24.3 Å². The Hall–Kier alpha value is -2.20. The van der Waals surface area contributed by atoms with Crippen LogP contribution in [0.5, 0.6) is 11.5 Å². The molecule has 1 aromatic heterocycles. The zero-order chi connectivity index (χ0) is 21.8. The highest BCUT2D eigenvalue weighted by molar-refractivity contribution is 7.92. The molecule has 2 unspecified atom stereocenters. The maximum Gasteiger partial charge on any atom is 0.387 e. The number of hydrogen-bond donors (Lipinski definition) is 0. The number of rotatable bonds is 10. The van der Waals surface area contributed by atoms with Gasteiger partial charge in [0.2, 0.25) is 0 Å². The fourth-order valence-corrected chi connectivity index (χ4v) is 5.64. The molecule has 10 heteroatoms. The monoisotopic (exact) mass is 456 g/mol. The summed E-state index contributed by atoms with van der Waals surface area (Å²) in [5.41, 5.74) is 0.681. The molecule has 1 saturated heterocycles. The standard InChI is InChI=1S/C21H26F2N2O5S/c22-21(23)30-19-11-24-25(12-19)17-1-3-18(4-2-17)29-14-16-13-28-9-7-15(16)8-10-31(26,27)20-5-6-20/h1-4,11-12,15-16,20-21H,5-10,13-14H2. The average Bonchev–Trinajstić information content (AvgIpc) is 3.52. The molecule has 0 N–H and O–H groups in total. The zero-order valence-corrected chi connectivity index (χ0v) is 17.8. The maximum atomic E-state index is 12.3. The lowest BCUT2D eigenvalue weighted by Crippen LogP contribution is -2.33. The lowest BCUT2D eigenvalue weighted by atomic mass is 9.87. The molecule has 0 bridgehead atoms. The van der Waals surface area contributed by atoms with Gasteiger partial charge in [-0.2, -0.15) is 13.9 Å². The topological polar surface area (TPSA) is 79.7 Å². The third-order valence-electron chi connectivity index (χ3n) is 5.79. The Kier molecular flexibility index (Phi) is 6.76. The number of nitrogens with zero attached hydrogens (tertiary/aromatic N) is 2. The van der Waals surface area contributed by atoms with Crippen molar-refractivity contribution in [3.05, 3.63) is 36.7 Å². The lowest BCUT2D eigenvalue weighted by Gasteiger charge is -2.31. The molecule has 7 nitrogen and oxygen atoms in total. The molecule has 1 aliphatic carbocycles. The first-order valence-corrected chi connectivity index (χ1v) is 12.1. The van der Waals surface area contributed by atoms with Crippen LogP contribution in [0.2, 0.25) is 0 Å². The summed E-state index contributed by atoms with van der Waals surface area (Å²) in [6.45, 7) is -1.23. The Morgan fingerprint density at radius 2 is 1.90 bits per heavy atom. The average molecular weight is 457 g/mol. The second-order valence-corrected chi connectivity index (χ2v) is 10.4. The van der Waals surface area contributed by atoms with E-state index in [0.29, 0.717) is 37.7 Å². The molecule has 0 spiro atoms. The minimum Gasteiger partial charge on any atom is -0.493 e. The van der Waals surface area contributed by atoms with Crippen LogP contribution in [0.1, 0.15) is 25.7 Å². The second kappa shape index (κ2) is 9.52. The molecule has 2 aliphatic rings. The quantitative estimate of drug-likeness (QED) is 0.545. The van der Waals surface area contributed by atoms with Crippen LogP contribution in [0.4, 0.5) is 8.78 Å². The summed E-state index contributed by atoms with van der Waals surface area (Å²) in [7, 11) is -2.95. The van der Waals surface area contributed by atoms with Gasteiger partial charge >= 0.3 is 6.61 Å². The molecule has 4 rings (SSSR count). The number of aromatic nitrogens is 2. The Balaban J connectivity index is 1.30. The van der Waals surface area contributed by atoms with Gasteiger partial charge in [-0.25, -0.2) is 13.1 Å². The molecule has 170 valence electrons. The smallest absolute Gasteiger partial charge is 0.387 e. The summed E-state index contributed by atoms with van der Waals surface area (Å²) < 4.78 is 66.3. The third-order valence-corrected chi connectivity index (χ3v) is 8.08. The number of alkyl halides is 2. The van der Waals surface area contributed by atoms with E-state index in [1.807, 2.05) is 0 Å². The fraction of sp³-hybridized carbons (Fsp3) is 0.571. The summed E-state index contributed by atoms with van der Waals surface area (Å²) in [6, 6.07) is 7.10. The molecule has 2 aromatic rings. The highest BCUT2D eigenvalue weighted by Crippen LogP contribution is 2.32. The molecule has 1 aromatic carbocycles. The first-order valence-electron chi connectivity index (χ1n) is 10.4. The van der Waals surface area contributed by atoms with Crippen LogP contribution in [0.25, 0.3) is 5.69 Å². The SMILES string of the molecule is O=S(=O)(CCC1CCOCC1COc1ccc(-n2cc(OC(F)F)cn2)cc1)C1CC1. The molecular weight excluding hydrogens is 430 g/mol. The van der Waals surface area contributed by atoms with Gasteiger partial charge in [-0.3, -0.25) is 0 Å². The zero-order valence-electron chi connectivity index (χ0n) is 17.0. The van der Waals surface area contributed by atoms with Crippen molar-refractivity contribution < 1.29 is 31.4 Å². The lowest BCUT2D eigenvalue weighted by molar-refractivity contribution is -0.0498. The molecule has 2 fully saturated rings. The van der Waals surface area contributed by atoms with Crippen molar-refractivity contribution in [1.29, 1.82) is 0 Å². The van der Waals surface area contributed by atoms with Crippen molar-refractivity contribution >= 4 is 9.84 Å². The minimum atomic E-state index is -2.95. The molecule has 0 amide bonds. The number of sulfone groups is 1. The fourth-order valence-electron chi connectivity index (χ4n) is 3.82. The van der Waals surface area contributed by atoms with Gasteiger partial charge in [0, 0.05) is 12.5 Å². The molecular formula is C21H26F2N2O5S. The Bertz CT molecular complexity index is 960. The predicted molar refractivity (Wildman–Crippen MR) is 110 cm³/mol. The van der Waals surface area contributed by atoms with Crippen molar-refractivity contribution in [2.45, 2.75) is 37.5 Å². The van der Waals surface area contributed by atoms with E-state index < -0.39 is 16.4 Å². The molecule has 1 aliphatic heterocycles. The van der Waals surface area contributed by atoms with Gasteiger partial charge in [0.15, 0.2) is 15.6 Å². The predicted octanol–water partition coefficient (Wildman–Crippen LogP) is 3.47. The molecule has 1 saturated carbocycles. The van der Waals surface area contributed by atoms with Gasteiger partial charge in [-0.1, -0.05) is 0 Å². The van der Waals surface area contributed by atoms with Gasteiger partial charge < -0.3 is 14.2 Å². The number of hydrogen-bond acceptors (Lipinski definition) is 6. The minimum absolute atomic E-state index is 0.0117. The van der Waals surface area contributed by atoms with Crippen LogP contribution >= 0.6 is 0 Å². The summed E-state index contributed by atoms with van der Waals surface area (Å²) >= 11 is 0. The summed E-state index contributed by atoms with van der Waals surface area (Å²) in [5, 5.41) is 3.89. The van der Waals surface area contributed by atoms with E-state index in [4.69, 9.17) is 9.47 Å². The Labute approximate surface area is 180 Å². The number of benzene rings is 1. The maximum absolute atomic E-state index is 12.3. The van der Waals surface area contributed by atoms with Crippen molar-refractivity contribution in [3.8, 4) is 17.2 Å². The normalized spacial score (nSPS) is 21.9. The van der Waals surface area contributed by atoms with Crippen LogP contribution in [-0.2, 0) is 14.6 Å². The summed E-state index contributed by atoms with van der Waals surface area (Å²) in [6.07, 6.45) is 5.70. The van der Waals surface area contributed by atoms with Gasteiger partial charge in [0.1, 0.15) is 5.75 Å².